The summed E-state index contributed by atoms with van der Waals surface area (Å²) in [4.78, 5) is 18.9. The molecule has 10 heteroatoms. The third-order valence-corrected chi connectivity index (χ3v) is 9.92. The highest BCUT2D eigenvalue weighted by Gasteiger charge is 2.45. The van der Waals surface area contributed by atoms with Crippen molar-refractivity contribution in [2.24, 2.45) is 0 Å². The molecule has 4 aliphatic heterocycles. The molecule has 6 heterocycles. The molecule has 41 heavy (non-hydrogen) atoms. The molecule has 2 aromatic heterocycles. The van der Waals surface area contributed by atoms with Gasteiger partial charge < -0.3 is 20.1 Å². The van der Waals surface area contributed by atoms with E-state index in [1.54, 1.807) is 24.4 Å². The first-order valence-electron chi connectivity index (χ1n) is 14.6. The maximum Gasteiger partial charge on any atom is 0.319 e. The molecule has 4 aromatic rings. The summed E-state index contributed by atoms with van der Waals surface area (Å²) in [5.74, 6) is 0.0893. The summed E-state index contributed by atoms with van der Waals surface area (Å²) in [6.45, 7) is 4.27. The SMILES string of the molecule is Oc1cc(-c2ncc3c(N4C[C@H]5CC[C@@H](C4)N5)nc(OCC45CCCN4CCC5)nc3c2F)c2c(Cl)cccc2c1. The Morgan fingerprint density at radius 2 is 1.88 bits per heavy atom. The predicted molar refractivity (Wildman–Crippen MR) is 157 cm³/mol. The summed E-state index contributed by atoms with van der Waals surface area (Å²) in [6, 6.07) is 9.47. The lowest BCUT2D eigenvalue weighted by Gasteiger charge is -2.34. The fraction of sp³-hybridized carbons (Fsp3) is 0.452. The number of aromatic nitrogens is 3. The van der Waals surface area contributed by atoms with E-state index in [4.69, 9.17) is 21.3 Å². The zero-order valence-electron chi connectivity index (χ0n) is 22.7. The van der Waals surface area contributed by atoms with Gasteiger partial charge in [0, 0.05) is 47.3 Å². The number of pyridine rings is 1. The number of nitrogens with zero attached hydrogens (tertiary/aromatic N) is 5. The second-order valence-corrected chi connectivity index (χ2v) is 12.5. The van der Waals surface area contributed by atoms with Gasteiger partial charge in [-0.2, -0.15) is 9.97 Å². The summed E-state index contributed by atoms with van der Waals surface area (Å²) in [5, 5.41) is 16.5. The van der Waals surface area contributed by atoms with Crippen molar-refractivity contribution in [3.8, 4) is 23.0 Å². The predicted octanol–water partition coefficient (Wildman–Crippen LogP) is 5.29. The smallest absolute Gasteiger partial charge is 0.319 e. The second-order valence-electron chi connectivity index (χ2n) is 12.1. The lowest BCUT2D eigenvalue weighted by molar-refractivity contribution is 0.108. The Morgan fingerprint density at radius 1 is 1.10 bits per heavy atom. The van der Waals surface area contributed by atoms with Gasteiger partial charge in [0.2, 0.25) is 0 Å². The first kappa shape index (κ1) is 25.4. The summed E-state index contributed by atoms with van der Waals surface area (Å²) in [7, 11) is 0. The number of halogens is 2. The van der Waals surface area contributed by atoms with Crippen molar-refractivity contribution in [1.29, 1.82) is 0 Å². The van der Waals surface area contributed by atoms with Crippen LogP contribution in [0.2, 0.25) is 5.02 Å². The Labute approximate surface area is 242 Å². The van der Waals surface area contributed by atoms with E-state index < -0.39 is 5.82 Å². The number of ether oxygens (including phenoxy) is 1. The zero-order valence-corrected chi connectivity index (χ0v) is 23.5. The third-order valence-electron chi connectivity index (χ3n) is 9.61. The van der Waals surface area contributed by atoms with Crippen LogP contribution in [0.1, 0.15) is 38.5 Å². The van der Waals surface area contributed by atoms with E-state index in [1.165, 1.54) is 18.9 Å². The van der Waals surface area contributed by atoms with Gasteiger partial charge in [-0.15, -0.1) is 0 Å². The number of hydrogen-bond acceptors (Lipinski definition) is 8. The van der Waals surface area contributed by atoms with Gasteiger partial charge in [0.05, 0.1) is 10.9 Å². The number of phenolic OH excluding ortho intramolecular Hbond substituents is 1. The van der Waals surface area contributed by atoms with Crippen molar-refractivity contribution in [2.45, 2.75) is 56.1 Å². The van der Waals surface area contributed by atoms with Gasteiger partial charge in [0.1, 0.15) is 29.4 Å². The van der Waals surface area contributed by atoms with E-state index in [2.05, 4.69) is 25.1 Å². The van der Waals surface area contributed by atoms with E-state index in [9.17, 15) is 5.11 Å². The monoisotopic (exact) mass is 574 g/mol. The highest BCUT2D eigenvalue weighted by atomic mass is 35.5. The minimum Gasteiger partial charge on any atom is -0.508 e. The van der Waals surface area contributed by atoms with Crippen LogP contribution in [0.15, 0.2) is 36.5 Å². The molecule has 0 radical (unpaired) electrons. The topological polar surface area (TPSA) is 86.6 Å². The minimum absolute atomic E-state index is 0.0108. The van der Waals surface area contributed by atoms with E-state index in [1.807, 2.05) is 6.07 Å². The molecular formula is C31H32ClFN6O2. The van der Waals surface area contributed by atoms with Crippen LogP contribution in [0.5, 0.6) is 11.8 Å². The molecule has 8 nitrogen and oxygen atoms in total. The number of fused-ring (bicyclic) bond motifs is 5. The number of phenols is 1. The molecule has 0 aliphatic carbocycles. The van der Waals surface area contributed by atoms with Gasteiger partial charge in [-0.3, -0.25) is 9.88 Å². The number of anilines is 1. The summed E-state index contributed by atoms with van der Waals surface area (Å²) >= 11 is 6.57. The molecule has 2 aromatic carbocycles. The quantitative estimate of drug-likeness (QED) is 0.332. The van der Waals surface area contributed by atoms with E-state index in [0.717, 1.165) is 51.9 Å². The van der Waals surface area contributed by atoms with Crippen LogP contribution in [0, 0.1) is 5.82 Å². The first-order valence-corrected chi connectivity index (χ1v) is 15.0. The van der Waals surface area contributed by atoms with E-state index in [-0.39, 0.29) is 28.5 Å². The van der Waals surface area contributed by atoms with Crippen molar-refractivity contribution in [1.82, 2.24) is 25.2 Å². The molecule has 4 fully saturated rings. The summed E-state index contributed by atoms with van der Waals surface area (Å²) in [6.07, 6.45) is 8.42. The zero-order chi connectivity index (χ0) is 27.7. The van der Waals surface area contributed by atoms with Gasteiger partial charge >= 0.3 is 6.01 Å². The maximum absolute atomic E-state index is 16.6. The van der Waals surface area contributed by atoms with Crippen molar-refractivity contribution in [2.75, 3.05) is 37.7 Å². The molecule has 0 amide bonds. The number of aromatic hydroxyl groups is 1. The highest BCUT2D eigenvalue weighted by Crippen LogP contribution is 2.41. The largest absolute Gasteiger partial charge is 0.508 e. The van der Waals surface area contributed by atoms with Crippen LogP contribution in [-0.2, 0) is 0 Å². The molecular weight excluding hydrogens is 543 g/mol. The van der Waals surface area contributed by atoms with Crippen LogP contribution in [0.25, 0.3) is 32.9 Å². The fourth-order valence-corrected chi connectivity index (χ4v) is 7.98. The van der Waals surface area contributed by atoms with E-state index in [0.29, 0.717) is 51.3 Å². The lowest BCUT2D eigenvalue weighted by atomic mass is 9.95. The number of hydrogen-bond donors (Lipinski definition) is 2. The van der Waals surface area contributed by atoms with Crippen molar-refractivity contribution >= 4 is 39.1 Å². The molecule has 2 bridgehead atoms. The molecule has 4 saturated heterocycles. The van der Waals surface area contributed by atoms with Crippen molar-refractivity contribution in [3.05, 3.63) is 47.4 Å². The van der Waals surface area contributed by atoms with Crippen LogP contribution >= 0.6 is 11.6 Å². The van der Waals surface area contributed by atoms with Crippen molar-refractivity contribution < 1.29 is 14.2 Å². The number of nitrogens with one attached hydrogen (secondary N) is 1. The molecule has 212 valence electrons. The summed E-state index contributed by atoms with van der Waals surface area (Å²) < 4.78 is 23.0. The van der Waals surface area contributed by atoms with E-state index >= 15 is 4.39 Å². The molecule has 0 spiro atoms. The standard InChI is InChI=1S/C31H32ClFN6O2/c32-24-5-1-4-18-12-21(40)13-22(25(18)24)27-26(33)28-23(14-34-27)29(38-15-19-6-7-20(16-38)35-19)37-30(36-28)41-17-31-8-2-10-39(31)11-3-9-31/h1,4-5,12-14,19-20,35,40H,2-3,6-11,15-17H2/t19-,20+. The molecule has 0 unspecified atom stereocenters. The summed E-state index contributed by atoms with van der Waals surface area (Å²) in [5.41, 5.74) is 0.681. The minimum atomic E-state index is -0.581. The van der Waals surface area contributed by atoms with Crippen molar-refractivity contribution in [3.63, 3.8) is 0 Å². The highest BCUT2D eigenvalue weighted by molar-refractivity contribution is 6.36. The Bertz CT molecular complexity index is 1660. The molecule has 2 atom stereocenters. The molecule has 0 saturated carbocycles. The number of piperazine rings is 1. The van der Waals surface area contributed by atoms with Crippen LogP contribution in [0.4, 0.5) is 10.2 Å². The van der Waals surface area contributed by atoms with Gasteiger partial charge in [-0.1, -0.05) is 23.7 Å². The Balaban J connectivity index is 1.26. The van der Waals surface area contributed by atoms with Gasteiger partial charge in [-0.25, -0.2) is 4.39 Å². The molecule has 2 N–H and O–H groups in total. The number of rotatable bonds is 5. The maximum atomic E-state index is 16.6. The second kappa shape index (κ2) is 9.64. The Morgan fingerprint density at radius 3 is 2.66 bits per heavy atom. The van der Waals surface area contributed by atoms with Crippen LogP contribution < -0.4 is 15.0 Å². The normalized spacial score (nSPS) is 23.5. The molecule has 4 aliphatic rings. The average Bonchev–Trinajstić information content (AvgIpc) is 3.65. The lowest BCUT2D eigenvalue weighted by Crippen LogP contribution is -2.51. The van der Waals surface area contributed by atoms with Crippen LogP contribution in [0.3, 0.4) is 0 Å². The van der Waals surface area contributed by atoms with Gasteiger partial charge in [0.15, 0.2) is 5.82 Å². The Kier molecular flexibility index (Phi) is 5.98. The first-order chi connectivity index (χ1) is 20.0. The fourth-order valence-electron chi connectivity index (χ4n) is 7.70. The average molecular weight is 575 g/mol. The van der Waals surface area contributed by atoms with Gasteiger partial charge in [0.25, 0.3) is 0 Å². The number of benzene rings is 2. The van der Waals surface area contributed by atoms with Gasteiger partial charge in [-0.05, 0) is 75.2 Å². The molecule has 8 rings (SSSR count). The third kappa shape index (κ3) is 4.20. The van der Waals surface area contributed by atoms with Crippen LogP contribution in [-0.4, -0.2) is 75.4 Å². The Hall–Kier alpha value is -3.27.